The highest BCUT2D eigenvalue weighted by Crippen LogP contribution is 2.22. The van der Waals surface area contributed by atoms with Gasteiger partial charge in [-0.2, -0.15) is 0 Å². The first kappa shape index (κ1) is 20.5. The first-order valence-electron chi connectivity index (χ1n) is 9.71. The van der Waals surface area contributed by atoms with E-state index in [2.05, 4.69) is 15.3 Å². The second kappa shape index (κ2) is 9.36. The summed E-state index contributed by atoms with van der Waals surface area (Å²) in [5.74, 6) is 0.486. The Bertz CT molecular complexity index is 1070. The Hall–Kier alpha value is -2.77. The third-order valence-corrected chi connectivity index (χ3v) is 6.49. The summed E-state index contributed by atoms with van der Waals surface area (Å²) in [7, 11) is -1.16. The number of halogens is 1. The van der Waals surface area contributed by atoms with Crippen molar-refractivity contribution in [3.8, 4) is 0 Å². The molecule has 30 heavy (non-hydrogen) atoms. The van der Waals surface area contributed by atoms with Crippen LogP contribution < -0.4 is 10.2 Å². The van der Waals surface area contributed by atoms with Crippen molar-refractivity contribution in [1.29, 1.82) is 0 Å². The van der Waals surface area contributed by atoms with Crippen LogP contribution in [0.5, 0.6) is 0 Å². The summed E-state index contributed by atoms with van der Waals surface area (Å²) in [5.41, 5.74) is 1.60. The van der Waals surface area contributed by atoms with E-state index >= 15 is 0 Å². The number of anilines is 2. The lowest BCUT2D eigenvalue weighted by Gasteiger charge is -2.16. The molecule has 0 bridgehead atoms. The van der Waals surface area contributed by atoms with Gasteiger partial charge in [-0.25, -0.2) is 9.97 Å². The molecule has 1 fully saturated rings. The highest BCUT2D eigenvalue weighted by molar-refractivity contribution is 7.84. The highest BCUT2D eigenvalue weighted by atomic mass is 35.5. The maximum absolute atomic E-state index is 12.8. The third kappa shape index (κ3) is 4.86. The average Bonchev–Trinajstić information content (AvgIpc) is 3.30. The number of nitrogens with one attached hydrogen (secondary N) is 1. The molecule has 154 valence electrons. The first-order valence-corrected chi connectivity index (χ1v) is 11.4. The average molecular weight is 441 g/mol. The SMILES string of the molecule is O=C(Nc1cccc(CS(=O)c2ccccc2)c1)c1nc(N2CCCC2)ncc1Cl. The number of nitrogens with zero attached hydrogens (tertiary/aromatic N) is 3. The van der Waals surface area contributed by atoms with E-state index in [0.717, 1.165) is 36.4 Å². The minimum Gasteiger partial charge on any atom is -0.341 e. The van der Waals surface area contributed by atoms with Gasteiger partial charge in [-0.05, 0) is 42.7 Å². The zero-order valence-corrected chi connectivity index (χ0v) is 17.8. The monoisotopic (exact) mass is 440 g/mol. The van der Waals surface area contributed by atoms with E-state index in [1.807, 2.05) is 53.4 Å². The molecule has 2 heterocycles. The number of amides is 1. The second-order valence-corrected chi connectivity index (χ2v) is 8.88. The number of carbonyl (C=O) groups excluding carboxylic acids is 1. The Morgan fingerprint density at radius 1 is 1.10 bits per heavy atom. The second-order valence-electron chi connectivity index (χ2n) is 7.02. The maximum atomic E-state index is 12.8. The standard InChI is InChI=1S/C22H21ClN4O2S/c23-19-14-24-22(27-11-4-5-12-27)26-20(19)21(28)25-17-8-6-7-16(13-17)15-30(29)18-9-2-1-3-10-18/h1-3,6-10,13-14H,4-5,11-12,15H2,(H,25,28). The summed E-state index contributed by atoms with van der Waals surface area (Å²) in [6.07, 6.45) is 3.64. The van der Waals surface area contributed by atoms with Crippen LogP contribution in [0.25, 0.3) is 0 Å². The lowest BCUT2D eigenvalue weighted by atomic mass is 10.2. The summed E-state index contributed by atoms with van der Waals surface area (Å²) in [5, 5.41) is 3.04. The van der Waals surface area contributed by atoms with Gasteiger partial charge in [-0.15, -0.1) is 0 Å². The Balaban J connectivity index is 1.48. The smallest absolute Gasteiger partial charge is 0.276 e. The van der Waals surface area contributed by atoms with Gasteiger partial charge in [-0.3, -0.25) is 9.00 Å². The molecule has 0 radical (unpaired) electrons. The van der Waals surface area contributed by atoms with E-state index in [1.165, 1.54) is 6.20 Å². The molecule has 1 amide bonds. The maximum Gasteiger partial charge on any atom is 0.276 e. The zero-order chi connectivity index (χ0) is 20.9. The van der Waals surface area contributed by atoms with E-state index in [1.54, 1.807) is 6.07 Å². The van der Waals surface area contributed by atoms with Crippen LogP contribution in [0.2, 0.25) is 5.02 Å². The van der Waals surface area contributed by atoms with Crippen LogP contribution in [-0.4, -0.2) is 33.2 Å². The van der Waals surface area contributed by atoms with E-state index < -0.39 is 16.7 Å². The third-order valence-electron chi connectivity index (χ3n) is 4.82. The lowest BCUT2D eigenvalue weighted by Crippen LogP contribution is -2.23. The van der Waals surface area contributed by atoms with E-state index in [0.29, 0.717) is 17.4 Å². The molecule has 2 aromatic carbocycles. The van der Waals surface area contributed by atoms with Crippen LogP contribution in [0, 0.1) is 0 Å². The van der Waals surface area contributed by atoms with Crippen LogP contribution in [0.1, 0.15) is 28.9 Å². The van der Waals surface area contributed by atoms with Crippen molar-refractivity contribution in [2.75, 3.05) is 23.3 Å². The van der Waals surface area contributed by atoms with Gasteiger partial charge < -0.3 is 10.2 Å². The summed E-state index contributed by atoms with van der Waals surface area (Å²) in [4.78, 5) is 24.3. The Morgan fingerprint density at radius 2 is 1.87 bits per heavy atom. The van der Waals surface area contributed by atoms with Gasteiger partial charge in [0.05, 0.1) is 27.8 Å². The number of hydrogen-bond donors (Lipinski definition) is 1. The minimum atomic E-state index is -1.16. The normalized spacial score (nSPS) is 14.5. The zero-order valence-electron chi connectivity index (χ0n) is 16.3. The molecule has 0 saturated carbocycles. The number of benzene rings is 2. The fourth-order valence-electron chi connectivity index (χ4n) is 3.32. The predicted molar refractivity (Wildman–Crippen MR) is 119 cm³/mol. The molecule has 1 atom stereocenters. The first-order chi connectivity index (χ1) is 14.6. The topological polar surface area (TPSA) is 75.2 Å². The van der Waals surface area contributed by atoms with E-state index in [9.17, 15) is 9.00 Å². The molecule has 1 saturated heterocycles. The van der Waals surface area contributed by atoms with Crippen LogP contribution in [0.4, 0.5) is 11.6 Å². The van der Waals surface area contributed by atoms with Gasteiger partial charge in [-0.1, -0.05) is 41.9 Å². The molecule has 1 unspecified atom stereocenters. The van der Waals surface area contributed by atoms with Crippen molar-refractivity contribution >= 4 is 39.9 Å². The van der Waals surface area contributed by atoms with Gasteiger partial charge in [0, 0.05) is 23.7 Å². The van der Waals surface area contributed by atoms with Crippen LogP contribution >= 0.6 is 11.6 Å². The summed E-state index contributed by atoms with van der Waals surface area (Å²) in [6, 6.07) is 16.6. The highest BCUT2D eigenvalue weighted by Gasteiger charge is 2.20. The molecule has 8 heteroatoms. The Kier molecular flexibility index (Phi) is 6.40. The quantitative estimate of drug-likeness (QED) is 0.618. The molecule has 1 aliphatic rings. The molecule has 0 spiro atoms. The molecule has 6 nitrogen and oxygen atoms in total. The van der Waals surface area contributed by atoms with Crippen molar-refractivity contribution in [2.45, 2.75) is 23.5 Å². The van der Waals surface area contributed by atoms with Gasteiger partial charge in [0.1, 0.15) is 0 Å². The fraction of sp³-hybridized carbons (Fsp3) is 0.227. The summed E-state index contributed by atoms with van der Waals surface area (Å²) in [6.45, 7) is 1.76. The van der Waals surface area contributed by atoms with Crippen LogP contribution in [-0.2, 0) is 16.6 Å². The van der Waals surface area contributed by atoms with Crippen molar-refractivity contribution in [1.82, 2.24) is 9.97 Å². The summed E-state index contributed by atoms with van der Waals surface area (Å²) >= 11 is 6.19. The van der Waals surface area contributed by atoms with Gasteiger partial charge in [0.25, 0.3) is 5.91 Å². The van der Waals surface area contributed by atoms with Crippen molar-refractivity contribution in [3.63, 3.8) is 0 Å². The molecule has 0 aliphatic carbocycles. The summed E-state index contributed by atoms with van der Waals surface area (Å²) < 4.78 is 12.6. The fourth-order valence-corrected chi connectivity index (χ4v) is 4.61. The molecule has 1 aromatic heterocycles. The van der Waals surface area contributed by atoms with E-state index in [4.69, 9.17) is 11.6 Å². The van der Waals surface area contributed by atoms with E-state index in [-0.39, 0.29) is 10.7 Å². The number of aromatic nitrogens is 2. The van der Waals surface area contributed by atoms with Crippen LogP contribution in [0.15, 0.2) is 65.7 Å². The largest absolute Gasteiger partial charge is 0.341 e. The predicted octanol–water partition coefficient (Wildman–Crippen LogP) is 4.29. The molecule has 1 aliphatic heterocycles. The van der Waals surface area contributed by atoms with Crippen molar-refractivity contribution < 1.29 is 9.00 Å². The minimum absolute atomic E-state index is 0.145. The molecular weight excluding hydrogens is 420 g/mol. The number of hydrogen-bond acceptors (Lipinski definition) is 5. The lowest BCUT2D eigenvalue weighted by molar-refractivity contribution is 0.102. The Morgan fingerprint density at radius 3 is 2.63 bits per heavy atom. The molecule has 3 aromatic rings. The van der Waals surface area contributed by atoms with Crippen molar-refractivity contribution in [3.05, 3.63) is 77.1 Å². The molecule has 1 N–H and O–H groups in total. The van der Waals surface area contributed by atoms with Gasteiger partial charge >= 0.3 is 0 Å². The molecular formula is C22H21ClN4O2S. The number of carbonyl (C=O) groups is 1. The number of rotatable bonds is 6. The van der Waals surface area contributed by atoms with Crippen LogP contribution in [0.3, 0.4) is 0 Å². The Labute approximate surface area is 182 Å². The van der Waals surface area contributed by atoms with Crippen molar-refractivity contribution in [2.24, 2.45) is 0 Å². The van der Waals surface area contributed by atoms with Gasteiger partial charge in [0.2, 0.25) is 5.95 Å². The molecule has 4 rings (SSSR count). The van der Waals surface area contributed by atoms with Gasteiger partial charge in [0.15, 0.2) is 5.69 Å².